The summed E-state index contributed by atoms with van der Waals surface area (Å²) in [6.45, 7) is 3.94. The van der Waals surface area contributed by atoms with E-state index in [1.807, 2.05) is 26.0 Å². The van der Waals surface area contributed by atoms with Gasteiger partial charge in [0.25, 0.3) is 0 Å². The number of aromatic nitrogens is 1. The van der Waals surface area contributed by atoms with E-state index >= 15 is 0 Å². The molecule has 0 aliphatic carbocycles. The third kappa shape index (κ3) is 2.96. The van der Waals surface area contributed by atoms with E-state index in [4.69, 9.17) is 9.47 Å². The number of carbonyl (C=O) groups is 1. The second-order valence-electron chi connectivity index (χ2n) is 4.88. The summed E-state index contributed by atoms with van der Waals surface area (Å²) in [6.07, 6.45) is 4.24. The SMILES string of the molecule is COc1cc(C=O)ccc1OC(C)(C)c1ccncc1. The van der Waals surface area contributed by atoms with E-state index in [9.17, 15) is 4.79 Å². The van der Waals surface area contributed by atoms with Crippen LogP contribution in [-0.2, 0) is 5.60 Å². The van der Waals surface area contributed by atoms with Gasteiger partial charge in [-0.2, -0.15) is 0 Å². The van der Waals surface area contributed by atoms with E-state index < -0.39 is 5.60 Å². The van der Waals surface area contributed by atoms with Crippen molar-refractivity contribution in [2.24, 2.45) is 0 Å². The second kappa shape index (κ2) is 5.74. The number of benzene rings is 1. The molecule has 0 amide bonds. The lowest BCUT2D eigenvalue weighted by molar-refractivity contribution is 0.104. The zero-order valence-corrected chi connectivity index (χ0v) is 11.8. The maximum Gasteiger partial charge on any atom is 0.162 e. The molecule has 2 aromatic rings. The van der Waals surface area contributed by atoms with E-state index in [0.717, 1.165) is 11.8 Å². The molecular formula is C16H17NO3. The summed E-state index contributed by atoms with van der Waals surface area (Å²) in [5.74, 6) is 1.14. The number of carbonyl (C=O) groups excluding carboxylic acids is 1. The molecule has 20 heavy (non-hydrogen) atoms. The first-order valence-corrected chi connectivity index (χ1v) is 6.29. The van der Waals surface area contributed by atoms with Crippen molar-refractivity contribution in [1.82, 2.24) is 4.98 Å². The molecule has 0 aliphatic rings. The molecule has 0 fully saturated rings. The Bertz CT molecular complexity index is 594. The molecule has 0 N–H and O–H groups in total. The van der Waals surface area contributed by atoms with Crippen molar-refractivity contribution in [3.05, 3.63) is 53.9 Å². The molecule has 0 aliphatic heterocycles. The van der Waals surface area contributed by atoms with E-state index in [0.29, 0.717) is 17.1 Å². The quantitative estimate of drug-likeness (QED) is 0.783. The van der Waals surface area contributed by atoms with Crippen LogP contribution in [0.3, 0.4) is 0 Å². The third-order valence-electron chi connectivity index (χ3n) is 3.06. The number of nitrogens with zero attached hydrogens (tertiary/aromatic N) is 1. The molecule has 0 saturated heterocycles. The number of hydrogen-bond donors (Lipinski definition) is 0. The molecule has 2 rings (SSSR count). The van der Waals surface area contributed by atoms with Crippen LogP contribution in [0.15, 0.2) is 42.7 Å². The summed E-state index contributed by atoms with van der Waals surface area (Å²) in [5, 5.41) is 0. The van der Waals surface area contributed by atoms with Gasteiger partial charge in [-0.05, 0) is 49.7 Å². The molecule has 1 heterocycles. The van der Waals surface area contributed by atoms with Crippen LogP contribution in [0, 0.1) is 0 Å². The van der Waals surface area contributed by atoms with Crippen molar-refractivity contribution >= 4 is 6.29 Å². The van der Waals surface area contributed by atoms with Crippen LogP contribution in [0.5, 0.6) is 11.5 Å². The highest BCUT2D eigenvalue weighted by Crippen LogP contribution is 2.34. The smallest absolute Gasteiger partial charge is 0.162 e. The van der Waals surface area contributed by atoms with Crippen LogP contribution in [0.25, 0.3) is 0 Å². The van der Waals surface area contributed by atoms with E-state index in [1.165, 1.54) is 0 Å². The molecular weight excluding hydrogens is 254 g/mol. The Hall–Kier alpha value is -2.36. The van der Waals surface area contributed by atoms with Gasteiger partial charge in [-0.15, -0.1) is 0 Å². The standard InChI is InChI=1S/C16H17NO3/c1-16(2,13-6-8-17-9-7-13)20-14-5-4-12(11-18)10-15(14)19-3/h4-11H,1-3H3. The predicted molar refractivity (Wildman–Crippen MR) is 76.3 cm³/mol. The van der Waals surface area contributed by atoms with Crippen LogP contribution >= 0.6 is 0 Å². The average Bonchev–Trinajstić information content (AvgIpc) is 2.48. The maximum absolute atomic E-state index is 10.8. The lowest BCUT2D eigenvalue weighted by Gasteiger charge is -2.27. The zero-order chi connectivity index (χ0) is 14.6. The minimum atomic E-state index is -0.529. The Morgan fingerprint density at radius 2 is 1.80 bits per heavy atom. The van der Waals surface area contributed by atoms with Gasteiger partial charge in [-0.1, -0.05) is 0 Å². The molecule has 1 aromatic heterocycles. The minimum absolute atomic E-state index is 0.529. The molecule has 1 aromatic carbocycles. The zero-order valence-electron chi connectivity index (χ0n) is 11.8. The fourth-order valence-electron chi connectivity index (χ4n) is 1.93. The van der Waals surface area contributed by atoms with Gasteiger partial charge in [0.15, 0.2) is 11.5 Å². The predicted octanol–water partition coefficient (Wildman–Crippen LogP) is 3.22. The van der Waals surface area contributed by atoms with Gasteiger partial charge in [-0.25, -0.2) is 0 Å². The van der Waals surface area contributed by atoms with Gasteiger partial charge in [0.2, 0.25) is 0 Å². The third-order valence-corrected chi connectivity index (χ3v) is 3.06. The molecule has 0 atom stereocenters. The molecule has 0 radical (unpaired) electrons. The van der Waals surface area contributed by atoms with Gasteiger partial charge in [0.1, 0.15) is 11.9 Å². The van der Waals surface area contributed by atoms with Crippen molar-refractivity contribution in [2.75, 3.05) is 7.11 Å². The topological polar surface area (TPSA) is 48.4 Å². The van der Waals surface area contributed by atoms with E-state index in [2.05, 4.69) is 4.98 Å². The fraction of sp³-hybridized carbons (Fsp3) is 0.250. The van der Waals surface area contributed by atoms with E-state index in [1.54, 1.807) is 37.7 Å². The summed E-state index contributed by atoms with van der Waals surface area (Å²) in [5.41, 5.74) is 1.03. The number of pyridine rings is 1. The highest BCUT2D eigenvalue weighted by molar-refractivity contribution is 5.76. The van der Waals surface area contributed by atoms with Gasteiger partial charge < -0.3 is 9.47 Å². The average molecular weight is 271 g/mol. The van der Waals surface area contributed by atoms with Crippen molar-refractivity contribution in [3.63, 3.8) is 0 Å². The number of hydrogen-bond acceptors (Lipinski definition) is 4. The Balaban J connectivity index is 2.31. The Morgan fingerprint density at radius 1 is 1.10 bits per heavy atom. The van der Waals surface area contributed by atoms with Crippen LogP contribution < -0.4 is 9.47 Å². The van der Waals surface area contributed by atoms with Crippen LogP contribution in [0.4, 0.5) is 0 Å². The summed E-state index contributed by atoms with van der Waals surface area (Å²) in [6, 6.07) is 8.92. The van der Waals surface area contributed by atoms with Gasteiger partial charge in [-0.3, -0.25) is 9.78 Å². The first kappa shape index (κ1) is 14.1. The summed E-state index contributed by atoms with van der Waals surface area (Å²) in [7, 11) is 1.55. The molecule has 0 spiro atoms. The first-order chi connectivity index (χ1) is 9.56. The van der Waals surface area contributed by atoms with Crippen molar-refractivity contribution in [2.45, 2.75) is 19.4 Å². The highest BCUT2D eigenvalue weighted by atomic mass is 16.5. The normalized spacial score (nSPS) is 10.9. The number of ether oxygens (including phenoxy) is 2. The van der Waals surface area contributed by atoms with Gasteiger partial charge in [0, 0.05) is 18.0 Å². The Kier molecular flexibility index (Phi) is 4.03. The molecule has 0 saturated carbocycles. The monoisotopic (exact) mass is 271 g/mol. The molecule has 0 unspecified atom stereocenters. The number of rotatable bonds is 5. The molecule has 0 bridgehead atoms. The van der Waals surface area contributed by atoms with Gasteiger partial charge >= 0.3 is 0 Å². The first-order valence-electron chi connectivity index (χ1n) is 6.29. The Labute approximate surface area is 118 Å². The van der Waals surface area contributed by atoms with Crippen LogP contribution in [-0.4, -0.2) is 18.4 Å². The number of methoxy groups -OCH3 is 1. The number of aldehydes is 1. The molecule has 4 heteroatoms. The minimum Gasteiger partial charge on any atom is -0.493 e. The largest absolute Gasteiger partial charge is 0.493 e. The van der Waals surface area contributed by atoms with E-state index in [-0.39, 0.29) is 0 Å². The lowest BCUT2D eigenvalue weighted by Crippen LogP contribution is -2.25. The summed E-state index contributed by atoms with van der Waals surface area (Å²) >= 11 is 0. The second-order valence-corrected chi connectivity index (χ2v) is 4.88. The van der Waals surface area contributed by atoms with Crippen LogP contribution in [0.1, 0.15) is 29.8 Å². The molecule has 4 nitrogen and oxygen atoms in total. The van der Waals surface area contributed by atoms with Crippen molar-refractivity contribution in [3.8, 4) is 11.5 Å². The maximum atomic E-state index is 10.8. The van der Waals surface area contributed by atoms with Crippen molar-refractivity contribution in [1.29, 1.82) is 0 Å². The highest BCUT2D eigenvalue weighted by Gasteiger charge is 2.24. The fourth-order valence-corrected chi connectivity index (χ4v) is 1.93. The van der Waals surface area contributed by atoms with Crippen LogP contribution in [0.2, 0.25) is 0 Å². The summed E-state index contributed by atoms with van der Waals surface area (Å²) < 4.78 is 11.3. The lowest BCUT2D eigenvalue weighted by atomic mass is 9.99. The van der Waals surface area contributed by atoms with Gasteiger partial charge in [0.05, 0.1) is 7.11 Å². The molecule has 104 valence electrons. The Morgan fingerprint density at radius 3 is 2.40 bits per heavy atom. The van der Waals surface area contributed by atoms with Crippen molar-refractivity contribution < 1.29 is 14.3 Å². The summed E-state index contributed by atoms with van der Waals surface area (Å²) in [4.78, 5) is 14.8.